The molecule has 2 aromatic carbocycles. The van der Waals surface area contributed by atoms with Gasteiger partial charge in [-0.1, -0.05) is 43.1 Å². The minimum Gasteiger partial charge on any atom is -0.421 e. The van der Waals surface area contributed by atoms with E-state index in [0.717, 1.165) is 0 Å². The van der Waals surface area contributed by atoms with Crippen molar-refractivity contribution in [3.05, 3.63) is 58.1 Å². The third-order valence-electron chi connectivity index (χ3n) is 3.51. The van der Waals surface area contributed by atoms with Crippen LogP contribution in [0.4, 0.5) is 0 Å². The third kappa shape index (κ3) is 4.52. The van der Waals surface area contributed by atoms with Crippen LogP contribution in [0.15, 0.2) is 47.4 Å². The Balaban J connectivity index is 2.32. The summed E-state index contributed by atoms with van der Waals surface area (Å²) in [4.78, 5) is 12.4. The van der Waals surface area contributed by atoms with Crippen LogP contribution in [0.2, 0.25) is 10.0 Å². The molecule has 0 aliphatic heterocycles. The van der Waals surface area contributed by atoms with Gasteiger partial charge in [-0.15, -0.1) is 0 Å². The molecule has 0 spiro atoms. The SMILES string of the molecule is CCN(CC)S(=O)(=O)c1cccc(C(=O)Oc2cc(Cl)ccc2Cl)c1. The van der Waals surface area contributed by atoms with E-state index in [0.29, 0.717) is 18.1 Å². The van der Waals surface area contributed by atoms with Crippen molar-refractivity contribution < 1.29 is 17.9 Å². The molecule has 0 aromatic heterocycles. The quantitative estimate of drug-likeness (QED) is 0.536. The van der Waals surface area contributed by atoms with Gasteiger partial charge in [-0.2, -0.15) is 4.31 Å². The summed E-state index contributed by atoms with van der Waals surface area (Å²) in [6.07, 6.45) is 0. The van der Waals surface area contributed by atoms with Gasteiger partial charge in [0.15, 0.2) is 5.75 Å². The number of esters is 1. The van der Waals surface area contributed by atoms with Crippen LogP contribution < -0.4 is 4.74 Å². The fraction of sp³-hybridized carbons (Fsp3) is 0.235. The molecule has 2 rings (SSSR count). The van der Waals surface area contributed by atoms with Crippen LogP contribution in [0.5, 0.6) is 5.75 Å². The van der Waals surface area contributed by atoms with E-state index in [4.69, 9.17) is 27.9 Å². The summed E-state index contributed by atoms with van der Waals surface area (Å²) in [6, 6.07) is 10.2. The molecule has 0 aliphatic rings. The molecule has 0 radical (unpaired) electrons. The number of sulfonamides is 1. The molecule has 8 heteroatoms. The molecule has 0 unspecified atom stereocenters. The molecular weight excluding hydrogens is 385 g/mol. The molecule has 0 heterocycles. The van der Waals surface area contributed by atoms with Gasteiger partial charge in [0.25, 0.3) is 0 Å². The van der Waals surface area contributed by atoms with Crippen molar-refractivity contribution in [1.82, 2.24) is 4.31 Å². The average Bonchev–Trinajstić information content (AvgIpc) is 2.59. The first-order valence-corrected chi connectivity index (χ1v) is 9.76. The molecule has 0 aliphatic carbocycles. The predicted octanol–water partition coefficient (Wildman–Crippen LogP) is 4.24. The van der Waals surface area contributed by atoms with Crippen molar-refractivity contribution in [3.63, 3.8) is 0 Å². The minimum absolute atomic E-state index is 0.0304. The molecule has 0 fully saturated rings. The Bertz CT molecular complexity index is 880. The smallest absolute Gasteiger partial charge is 0.343 e. The third-order valence-corrected chi connectivity index (χ3v) is 6.10. The lowest BCUT2D eigenvalue weighted by Crippen LogP contribution is -2.30. The molecular formula is C17H17Cl2NO4S. The van der Waals surface area contributed by atoms with Crippen LogP contribution in [0.25, 0.3) is 0 Å². The summed E-state index contributed by atoms with van der Waals surface area (Å²) < 4.78 is 31.7. The number of benzene rings is 2. The summed E-state index contributed by atoms with van der Waals surface area (Å²) in [6.45, 7) is 4.18. The first-order chi connectivity index (χ1) is 11.8. The topological polar surface area (TPSA) is 63.7 Å². The number of ether oxygens (including phenoxy) is 1. The van der Waals surface area contributed by atoms with Crippen molar-refractivity contribution in [1.29, 1.82) is 0 Å². The zero-order chi connectivity index (χ0) is 18.6. The average molecular weight is 402 g/mol. The van der Waals surface area contributed by atoms with Gasteiger partial charge in [-0.05, 0) is 30.3 Å². The van der Waals surface area contributed by atoms with Crippen LogP contribution in [0, 0.1) is 0 Å². The van der Waals surface area contributed by atoms with Gasteiger partial charge in [0.05, 0.1) is 15.5 Å². The van der Waals surface area contributed by atoms with E-state index in [-0.39, 0.29) is 21.2 Å². The molecule has 0 saturated heterocycles. The molecule has 0 bridgehead atoms. The first-order valence-electron chi connectivity index (χ1n) is 7.57. The molecule has 0 atom stereocenters. The second-order valence-electron chi connectivity index (χ2n) is 5.08. The molecule has 0 amide bonds. The van der Waals surface area contributed by atoms with Crippen LogP contribution in [0.1, 0.15) is 24.2 Å². The first kappa shape index (κ1) is 19.7. The lowest BCUT2D eigenvalue weighted by atomic mass is 10.2. The predicted molar refractivity (Wildman–Crippen MR) is 98.0 cm³/mol. The Morgan fingerprint density at radius 1 is 1.08 bits per heavy atom. The van der Waals surface area contributed by atoms with Crippen molar-refractivity contribution in [2.24, 2.45) is 0 Å². The van der Waals surface area contributed by atoms with Crippen LogP contribution in [-0.4, -0.2) is 31.8 Å². The van der Waals surface area contributed by atoms with E-state index in [1.54, 1.807) is 19.9 Å². The second kappa shape index (κ2) is 8.19. The number of rotatable bonds is 6. The monoisotopic (exact) mass is 401 g/mol. The maximum Gasteiger partial charge on any atom is 0.343 e. The number of halogens is 2. The van der Waals surface area contributed by atoms with E-state index in [9.17, 15) is 13.2 Å². The van der Waals surface area contributed by atoms with Gasteiger partial charge in [0.1, 0.15) is 0 Å². The lowest BCUT2D eigenvalue weighted by Gasteiger charge is -2.18. The van der Waals surface area contributed by atoms with Gasteiger partial charge in [0.2, 0.25) is 10.0 Å². The number of hydrogen-bond donors (Lipinski definition) is 0. The second-order valence-corrected chi connectivity index (χ2v) is 7.86. The Morgan fingerprint density at radius 3 is 2.40 bits per heavy atom. The van der Waals surface area contributed by atoms with Gasteiger partial charge in [-0.25, -0.2) is 13.2 Å². The number of carbonyl (C=O) groups excluding carboxylic acids is 1. The number of hydrogen-bond acceptors (Lipinski definition) is 4. The lowest BCUT2D eigenvalue weighted by molar-refractivity contribution is 0.0734. The Kier molecular flexibility index (Phi) is 6.46. The van der Waals surface area contributed by atoms with Crippen LogP contribution in [0.3, 0.4) is 0 Å². The van der Waals surface area contributed by atoms with E-state index < -0.39 is 16.0 Å². The van der Waals surface area contributed by atoms with E-state index in [1.165, 1.54) is 40.7 Å². The fourth-order valence-corrected chi connectivity index (χ4v) is 4.03. The fourth-order valence-electron chi connectivity index (χ4n) is 2.21. The number of carbonyl (C=O) groups is 1. The summed E-state index contributed by atoms with van der Waals surface area (Å²) in [7, 11) is -3.67. The van der Waals surface area contributed by atoms with Gasteiger partial charge >= 0.3 is 5.97 Å². The Morgan fingerprint density at radius 2 is 1.76 bits per heavy atom. The Hall–Kier alpha value is -1.60. The molecule has 134 valence electrons. The molecule has 5 nitrogen and oxygen atoms in total. The largest absolute Gasteiger partial charge is 0.421 e. The van der Waals surface area contributed by atoms with Crippen LogP contribution in [-0.2, 0) is 10.0 Å². The van der Waals surface area contributed by atoms with Crippen molar-refractivity contribution in [2.75, 3.05) is 13.1 Å². The molecule has 0 N–H and O–H groups in total. The highest BCUT2D eigenvalue weighted by atomic mass is 35.5. The maximum atomic E-state index is 12.6. The van der Waals surface area contributed by atoms with Gasteiger partial charge < -0.3 is 4.74 Å². The number of nitrogens with zero attached hydrogens (tertiary/aromatic N) is 1. The maximum absolute atomic E-state index is 12.6. The molecule has 25 heavy (non-hydrogen) atoms. The van der Waals surface area contributed by atoms with Crippen LogP contribution >= 0.6 is 23.2 Å². The van der Waals surface area contributed by atoms with Gasteiger partial charge in [0, 0.05) is 24.2 Å². The van der Waals surface area contributed by atoms with Gasteiger partial charge in [-0.3, -0.25) is 0 Å². The minimum atomic E-state index is -3.67. The van der Waals surface area contributed by atoms with E-state index >= 15 is 0 Å². The summed E-state index contributed by atoms with van der Waals surface area (Å²) in [5.74, 6) is -0.614. The summed E-state index contributed by atoms with van der Waals surface area (Å²) in [5.41, 5.74) is 0.101. The molecule has 0 saturated carbocycles. The van der Waals surface area contributed by atoms with Crippen molar-refractivity contribution in [3.8, 4) is 5.75 Å². The van der Waals surface area contributed by atoms with E-state index in [2.05, 4.69) is 0 Å². The normalized spacial score (nSPS) is 11.6. The Labute approximate surface area is 157 Å². The molecule has 2 aromatic rings. The highest BCUT2D eigenvalue weighted by molar-refractivity contribution is 7.89. The standard InChI is InChI=1S/C17H17Cl2NO4S/c1-3-20(4-2)25(22,23)14-7-5-6-12(10-14)17(21)24-16-11-13(18)8-9-15(16)19/h5-11H,3-4H2,1-2H3. The zero-order valence-electron chi connectivity index (χ0n) is 13.7. The summed E-state index contributed by atoms with van der Waals surface area (Å²) >= 11 is 11.8. The summed E-state index contributed by atoms with van der Waals surface area (Å²) in [5, 5.41) is 0.592. The van der Waals surface area contributed by atoms with E-state index in [1.807, 2.05) is 0 Å². The zero-order valence-corrected chi connectivity index (χ0v) is 16.0. The highest BCUT2D eigenvalue weighted by Gasteiger charge is 2.23. The highest BCUT2D eigenvalue weighted by Crippen LogP contribution is 2.28. The van der Waals surface area contributed by atoms with Crippen molar-refractivity contribution >= 4 is 39.2 Å². The van der Waals surface area contributed by atoms with Crippen molar-refractivity contribution in [2.45, 2.75) is 18.7 Å².